The van der Waals surface area contributed by atoms with Crippen LogP contribution in [0.3, 0.4) is 0 Å². The molecular formula is C23H24Cl2N2O2. The second-order valence-corrected chi connectivity index (χ2v) is 9.69. The lowest BCUT2D eigenvalue weighted by Crippen LogP contribution is -2.44. The van der Waals surface area contributed by atoms with Crippen molar-refractivity contribution in [2.45, 2.75) is 50.6 Å². The van der Waals surface area contributed by atoms with Gasteiger partial charge in [0.05, 0.1) is 6.07 Å². The largest absolute Gasteiger partial charge is 0.480 e. The summed E-state index contributed by atoms with van der Waals surface area (Å²) in [6, 6.07) is 15.5. The number of aliphatic carboxylic acids is 1. The van der Waals surface area contributed by atoms with Crippen LogP contribution < -0.4 is 5.32 Å². The Morgan fingerprint density at radius 2 is 1.83 bits per heavy atom. The molecule has 1 heterocycles. The van der Waals surface area contributed by atoms with Crippen molar-refractivity contribution in [3.05, 3.63) is 69.7 Å². The molecule has 3 rings (SSSR count). The maximum Gasteiger partial charge on any atom is 0.321 e. The van der Waals surface area contributed by atoms with Crippen LogP contribution in [-0.2, 0) is 10.2 Å². The molecule has 1 unspecified atom stereocenters. The van der Waals surface area contributed by atoms with E-state index < -0.39 is 23.3 Å². The third kappa shape index (κ3) is 4.14. The van der Waals surface area contributed by atoms with E-state index in [-0.39, 0.29) is 11.5 Å². The van der Waals surface area contributed by atoms with Gasteiger partial charge in [-0.15, -0.1) is 0 Å². The van der Waals surface area contributed by atoms with Gasteiger partial charge in [0.15, 0.2) is 0 Å². The molecule has 1 aliphatic rings. The fourth-order valence-corrected chi connectivity index (χ4v) is 4.77. The predicted octanol–water partition coefficient (Wildman–Crippen LogP) is 5.40. The summed E-state index contributed by atoms with van der Waals surface area (Å²) < 4.78 is 0. The molecular weight excluding hydrogens is 407 g/mol. The van der Waals surface area contributed by atoms with Gasteiger partial charge in [0, 0.05) is 22.0 Å². The van der Waals surface area contributed by atoms with Crippen molar-refractivity contribution in [3.8, 4) is 6.07 Å². The molecule has 0 spiro atoms. The maximum absolute atomic E-state index is 12.2. The quantitative estimate of drug-likeness (QED) is 0.680. The average Bonchev–Trinajstić information content (AvgIpc) is 2.96. The summed E-state index contributed by atoms with van der Waals surface area (Å²) in [6.07, 6.45) is 0.629. The van der Waals surface area contributed by atoms with E-state index in [2.05, 4.69) is 32.2 Å². The van der Waals surface area contributed by atoms with Crippen LogP contribution >= 0.6 is 23.2 Å². The molecule has 0 saturated carbocycles. The van der Waals surface area contributed by atoms with E-state index in [1.54, 1.807) is 30.3 Å². The Hall–Kier alpha value is -2.06. The number of carbonyl (C=O) groups is 1. The number of hydrogen-bond donors (Lipinski definition) is 2. The Morgan fingerprint density at radius 1 is 1.17 bits per heavy atom. The first kappa shape index (κ1) is 21.6. The first-order valence-electron chi connectivity index (χ1n) is 9.50. The van der Waals surface area contributed by atoms with Crippen LogP contribution in [0, 0.1) is 16.7 Å². The molecule has 0 radical (unpaired) electrons. The highest BCUT2D eigenvalue weighted by Gasteiger charge is 2.59. The standard InChI is InChI=1S/C23H24Cl2N2O2/c1-22(2,3)12-18-23(13-26,15-7-9-16(24)10-8-15)19(20(27-18)21(28)29)14-5-4-6-17(25)11-14/h4-11,18-20,27H,12H2,1-3H3,(H,28,29)/t18?,19-,20+,23-/m0/s1. The summed E-state index contributed by atoms with van der Waals surface area (Å²) >= 11 is 12.3. The molecule has 4 nitrogen and oxygen atoms in total. The van der Waals surface area contributed by atoms with E-state index in [1.165, 1.54) is 0 Å². The third-order valence-electron chi connectivity index (χ3n) is 5.55. The van der Waals surface area contributed by atoms with Gasteiger partial charge in [-0.2, -0.15) is 5.26 Å². The SMILES string of the molecule is CC(C)(C)CC1N[C@@H](C(=O)O)[C@H](c2cccc(Cl)c2)[C@@]1(C#N)c1ccc(Cl)cc1. The zero-order chi connectivity index (χ0) is 21.4. The number of carboxylic acids is 1. The normalized spacial score (nSPS) is 26.8. The van der Waals surface area contributed by atoms with E-state index in [9.17, 15) is 15.2 Å². The van der Waals surface area contributed by atoms with Gasteiger partial charge in [0.25, 0.3) is 0 Å². The van der Waals surface area contributed by atoms with Gasteiger partial charge < -0.3 is 5.11 Å². The Balaban J connectivity index is 2.28. The van der Waals surface area contributed by atoms with Crippen LogP contribution in [-0.4, -0.2) is 23.2 Å². The molecule has 4 atom stereocenters. The lowest BCUT2D eigenvalue weighted by atomic mass is 9.63. The summed E-state index contributed by atoms with van der Waals surface area (Å²) in [7, 11) is 0. The van der Waals surface area contributed by atoms with Crippen molar-refractivity contribution in [3.63, 3.8) is 0 Å². The van der Waals surface area contributed by atoms with E-state index in [0.717, 1.165) is 11.1 Å². The van der Waals surface area contributed by atoms with Crippen LogP contribution in [0.1, 0.15) is 44.2 Å². The number of nitrogens with one attached hydrogen (secondary N) is 1. The number of carboxylic acid groups (broad SMARTS) is 1. The predicted molar refractivity (Wildman–Crippen MR) is 115 cm³/mol. The Kier molecular flexibility index (Phi) is 5.96. The first-order chi connectivity index (χ1) is 13.6. The molecule has 2 N–H and O–H groups in total. The molecule has 0 amide bonds. The minimum absolute atomic E-state index is 0.113. The minimum Gasteiger partial charge on any atom is -0.480 e. The Labute approximate surface area is 181 Å². The van der Waals surface area contributed by atoms with Gasteiger partial charge >= 0.3 is 5.97 Å². The number of rotatable bonds is 4. The number of nitrogens with zero attached hydrogens (tertiary/aromatic N) is 1. The van der Waals surface area contributed by atoms with Gasteiger partial charge in [-0.25, -0.2) is 0 Å². The van der Waals surface area contributed by atoms with Gasteiger partial charge in [-0.3, -0.25) is 10.1 Å². The summed E-state index contributed by atoms with van der Waals surface area (Å²) in [5.41, 5.74) is 0.273. The molecule has 1 fully saturated rings. The number of hydrogen-bond acceptors (Lipinski definition) is 3. The lowest BCUT2D eigenvalue weighted by Gasteiger charge is -2.37. The van der Waals surface area contributed by atoms with Crippen molar-refractivity contribution in [1.82, 2.24) is 5.32 Å². The molecule has 0 aromatic heterocycles. The van der Waals surface area contributed by atoms with Crippen molar-refractivity contribution in [1.29, 1.82) is 5.26 Å². The molecule has 29 heavy (non-hydrogen) atoms. The Bertz CT molecular complexity index is 947. The zero-order valence-electron chi connectivity index (χ0n) is 16.6. The first-order valence-corrected chi connectivity index (χ1v) is 10.3. The monoisotopic (exact) mass is 430 g/mol. The smallest absolute Gasteiger partial charge is 0.321 e. The van der Waals surface area contributed by atoms with Crippen molar-refractivity contribution in [2.75, 3.05) is 0 Å². The highest BCUT2D eigenvalue weighted by Crippen LogP contribution is 2.51. The maximum atomic E-state index is 12.2. The average molecular weight is 431 g/mol. The second kappa shape index (κ2) is 7.99. The Morgan fingerprint density at radius 3 is 2.34 bits per heavy atom. The summed E-state index contributed by atoms with van der Waals surface area (Å²) in [4.78, 5) is 12.2. The third-order valence-corrected chi connectivity index (χ3v) is 6.04. The van der Waals surface area contributed by atoms with E-state index >= 15 is 0 Å². The van der Waals surface area contributed by atoms with Crippen LogP contribution in [0.25, 0.3) is 0 Å². The van der Waals surface area contributed by atoms with Crippen LogP contribution in [0.2, 0.25) is 10.0 Å². The lowest BCUT2D eigenvalue weighted by molar-refractivity contribution is -0.139. The molecule has 1 aliphatic heterocycles. The van der Waals surface area contributed by atoms with Crippen molar-refractivity contribution < 1.29 is 9.90 Å². The zero-order valence-corrected chi connectivity index (χ0v) is 18.1. The molecule has 0 aliphatic carbocycles. The van der Waals surface area contributed by atoms with Gasteiger partial charge in [0.1, 0.15) is 11.5 Å². The number of nitriles is 1. The van der Waals surface area contributed by atoms with Gasteiger partial charge in [-0.1, -0.05) is 68.2 Å². The molecule has 2 aromatic carbocycles. The number of benzene rings is 2. The molecule has 152 valence electrons. The summed E-state index contributed by atoms with van der Waals surface area (Å²) in [6.45, 7) is 6.25. The number of halogens is 2. The van der Waals surface area contributed by atoms with Gasteiger partial charge in [-0.05, 0) is 47.2 Å². The second-order valence-electron chi connectivity index (χ2n) is 8.82. The van der Waals surface area contributed by atoms with Crippen molar-refractivity contribution >= 4 is 29.2 Å². The molecule has 2 aromatic rings. The summed E-state index contributed by atoms with van der Waals surface area (Å²) in [5, 5.41) is 24.9. The van der Waals surface area contributed by atoms with Gasteiger partial charge in [0.2, 0.25) is 0 Å². The van der Waals surface area contributed by atoms with E-state index in [1.807, 2.05) is 18.2 Å². The highest BCUT2D eigenvalue weighted by molar-refractivity contribution is 6.30. The highest BCUT2D eigenvalue weighted by atomic mass is 35.5. The van der Waals surface area contributed by atoms with E-state index in [0.29, 0.717) is 16.5 Å². The topological polar surface area (TPSA) is 73.1 Å². The fraction of sp³-hybridized carbons (Fsp3) is 0.391. The van der Waals surface area contributed by atoms with Crippen molar-refractivity contribution in [2.24, 2.45) is 5.41 Å². The molecule has 1 saturated heterocycles. The van der Waals surface area contributed by atoms with Crippen LogP contribution in [0.4, 0.5) is 0 Å². The summed E-state index contributed by atoms with van der Waals surface area (Å²) in [5.74, 6) is -1.60. The molecule has 6 heteroatoms. The fourth-order valence-electron chi connectivity index (χ4n) is 4.44. The molecule has 0 bridgehead atoms. The van der Waals surface area contributed by atoms with E-state index in [4.69, 9.17) is 23.2 Å². The van der Waals surface area contributed by atoms with Crippen LogP contribution in [0.15, 0.2) is 48.5 Å². The van der Waals surface area contributed by atoms with Crippen LogP contribution in [0.5, 0.6) is 0 Å². The minimum atomic E-state index is -1.09.